The molecule has 4 heteroatoms. The second-order valence-electron chi connectivity index (χ2n) is 3.79. The maximum Gasteiger partial charge on any atom is 0.249 e. The quantitative estimate of drug-likeness (QED) is 0.754. The van der Waals surface area contributed by atoms with Gasteiger partial charge in [0.25, 0.3) is 0 Å². The van der Waals surface area contributed by atoms with Crippen molar-refractivity contribution in [2.75, 3.05) is 19.0 Å². The lowest BCUT2D eigenvalue weighted by Gasteiger charge is -2.11. The number of nitrogens with zero attached hydrogens (tertiary/aromatic N) is 4. The normalized spacial score (nSPS) is 10.7. The zero-order valence-corrected chi connectivity index (χ0v) is 9.91. The molecule has 1 heterocycles. The molecule has 17 heavy (non-hydrogen) atoms. The number of hydrogen-bond donors (Lipinski definition) is 0. The molecule has 4 nitrogen and oxygen atoms in total. The molecule has 0 bridgehead atoms. The molecule has 0 atom stereocenters. The standard InChI is InChI=1S/C13H14N4/c1-17(2)12-6-4-11(5-7-12)10-16-13-14-8-3-9-15-13/h3-10H,1-2H3/b16-10+. The monoisotopic (exact) mass is 226 g/mol. The first kappa shape index (κ1) is 11.3. The fourth-order valence-corrected chi connectivity index (χ4v) is 1.35. The lowest BCUT2D eigenvalue weighted by Crippen LogP contribution is -2.08. The van der Waals surface area contributed by atoms with Crippen LogP contribution < -0.4 is 4.90 Å². The Morgan fingerprint density at radius 1 is 1.06 bits per heavy atom. The van der Waals surface area contributed by atoms with Gasteiger partial charge in [-0.25, -0.2) is 15.0 Å². The summed E-state index contributed by atoms with van der Waals surface area (Å²) in [6.45, 7) is 0. The molecule has 1 aromatic carbocycles. The number of aromatic nitrogens is 2. The van der Waals surface area contributed by atoms with Gasteiger partial charge in [0.05, 0.1) is 0 Å². The Labute approximate surface area is 101 Å². The highest BCUT2D eigenvalue weighted by molar-refractivity contribution is 5.81. The first-order valence-corrected chi connectivity index (χ1v) is 5.34. The smallest absolute Gasteiger partial charge is 0.249 e. The minimum atomic E-state index is 0.476. The summed E-state index contributed by atoms with van der Waals surface area (Å²) >= 11 is 0. The molecule has 2 rings (SSSR count). The molecule has 0 amide bonds. The zero-order chi connectivity index (χ0) is 12.1. The minimum Gasteiger partial charge on any atom is -0.378 e. The van der Waals surface area contributed by atoms with Gasteiger partial charge in [0.2, 0.25) is 5.95 Å². The van der Waals surface area contributed by atoms with Crippen LogP contribution in [0.3, 0.4) is 0 Å². The third kappa shape index (κ3) is 3.11. The average molecular weight is 226 g/mol. The Bertz CT molecular complexity index is 489. The van der Waals surface area contributed by atoms with E-state index in [0.29, 0.717) is 5.95 Å². The van der Waals surface area contributed by atoms with Crippen LogP contribution in [-0.2, 0) is 0 Å². The third-order valence-corrected chi connectivity index (χ3v) is 2.29. The average Bonchev–Trinajstić information content (AvgIpc) is 2.38. The molecule has 0 spiro atoms. The highest BCUT2D eigenvalue weighted by atomic mass is 15.1. The number of rotatable bonds is 3. The summed E-state index contributed by atoms with van der Waals surface area (Å²) in [6.07, 6.45) is 5.11. The molecule has 0 aliphatic rings. The largest absolute Gasteiger partial charge is 0.378 e. The van der Waals surface area contributed by atoms with E-state index in [2.05, 4.69) is 19.9 Å². The number of benzene rings is 1. The molecule has 0 aliphatic heterocycles. The van der Waals surface area contributed by atoms with Gasteiger partial charge in [0.1, 0.15) is 0 Å². The van der Waals surface area contributed by atoms with Crippen molar-refractivity contribution in [2.45, 2.75) is 0 Å². The van der Waals surface area contributed by atoms with Crippen LogP contribution in [0.1, 0.15) is 5.56 Å². The molecule has 0 radical (unpaired) electrons. The van der Waals surface area contributed by atoms with E-state index in [0.717, 1.165) is 11.3 Å². The fraction of sp³-hybridized carbons (Fsp3) is 0.154. The van der Waals surface area contributed by atoms with Crippen molar-refractivity contribution >= 4 is 17.9 Å². The van der Waals surface area contributed by atoms with E-state index in [1.54, 1.807) is 24.7 Å². The molecule has 86 valence electrons. The van der Waals surface area contributed by atoms with Gasteiger partial charge < -0.3 is 4.90 Å². The second-order valence-corrected chi connectivity index (χ2v) is 3.79. The molecular weight excluding hydrogens is 212 g/mol. The van der Waals surface area contributed by atoms with Crippen LogP contribution in [0, 0.1) is 0 Å². The van der Waals surface area contributed by atoms with Crippen LogP contribution in [-0.4, -0.2) is 30.3 Å². The Morgan fingerprint density at radius 3 is 2.29 bits per heavy atom. The molecule has 0 unspecified atom stereocenters. The molecule has 0 saturated carbocycles. The molecule has 0 saturated heterocycles. The van der Waals surface area contributed by atoms with Crippen molar-refractivity contribution in [3.63, 3.8) is 0 Å². The van der Waals surface area contributed by atoms with Gasteiger partial charge in [-0.2, -0.15) is 0 Å². The van der Waals surface area contributed by atoms with Crippen LogP contribution in [0.5, 0.6) is 0 Å². The maximum atomic E-state index is 4.19. The van der Waals surface area contributed by atoms with E-state index in [1.165, 1.54) is 0 Å². The molecule has 1 aromatic heterocycles. The van der Waals surface area contributed by atoms with Crippen LogP contribution in [0.25, 0.3) is 0 Å². The Kier molecular flexibility index (Phi) is 3.45. The second kappa shape index (κ2) is 5.21. The van der Waals surface area contributed by atoms with Crippen molar-refractivity contribution in [3.8, 4) is 0 Å². The summed E-state index contributed by atoms with van der Waals surface area (Å²) in [6, 6.07) is 9.90. The predicted octanol–water partition coefficient (Wildman–Crippen LogP) is 2.29. The van der Waals surface area contributed by atoms with Gasteiger partial charge >= 0.3 is 0 Å². The summed E-state index contributed by atoms with van der Waals surface area (Å²) < 4.78 is 0. The Balaban J connectivity index is 2.12. The van der Waals surface area contributed by atoms with Crippen LogP contribution in [0.2, 0.25) is 0 Å². The first-order chi connectivity index (χ1) is 8.25. The first-order valence-electron chi connectivity index (χ1n) is 5.34. The van der Waals surface area contributed by atoms with Crippen LogP contribution >= 0.6 is 0 Å². The van der Waals surface area contributed by atoms with E-state index < -0.39 is 0 Å². The molecular formula is C13H14N4. The van der Waals surface area contributed by atoms with Crippen molar-refractivity contribution in [2.24, 2.45) is 4.99 Å². The summed E-state index contributed by atoms with van der Waals surface area (Å²) in [5.74, 6) is 0.476. The molecule has 0 aliphatic carbocycles. The number of aliphatic imine (C=N–C) groups is 1. The predicted molar refractivity (Wildman–Crippen MR) is 70.1 cm³/mol. The zero-order valence-electron chi connectivity index (χ0n) is 9.91. The SMILES string of the molecule is CN(C)c1ccc(/C=N/c2ncccn2)cc1. The van der Waals surface area contributed by atoms with Crippen LogP contribution in [0.15, 0.2) is 47.7 Å². The van der Waals surface area contributed by atoms with Gasteiger partial charge in [0, 0.05) is 38.4 Å². The Morgan fingerprint density at radius 2 is 1.71 bits per heavy atom. The number of hydrogen-bond acceptors (Lipinski definition) is 4. The van der Waals surface area contributed by atoms with Gasteiger partial charge in [0.15, 0.2) is 0 Å². The van der Waals surface area contributed by atoms with Crippen LogP contribution in [0.4, 0.5) is 11.6 Å². The summed E-state index contributed by atoms with van der Waals surface area (Å²) in [5, 5.41) is 0. The lowest BCUT2D eigenvalue weighted by molar-refractivity contribution is 1.13. The fourth-order valence-electron chi connectivity index (χ4n) is 1.35. The van der Waals surface area contributed by atoms with Gasteiger partial charge in [-0.1, -0.05) is 12.1 Å². The van der Waals surface area contributed by atoms with E-state index in [4.69, 9.17) is 0 Å². The summed E-state index contributed by atoms with van der Waals surface area (Å²) in [7, 11) is 4.03. The van der Waals surface area contributed by atoms with Gasteiger partial charge in [-0.15, -0.1) is 0 Å². The van der Waals surface area contributed by atoms with E-state index >= 15 is 0 Å². The highest BCUT2D eigenvalue weighted by Crippen LogP contribution is 2.11. The highest BCUT2D eigenvalue weighted by Gasteiger charge is 1.94. The lowest BCUT2D eigenvalue weighted by atomic mass is 10.2. The number of anilines is 1. The summed E-state index contributed by atoms with van der Waals surface area (Å²) in [4.78, 5) is 14.3. The molecule has 0 N–H and O–H groups in total. The van der Waals surface area contributed by atoms with E-state index in [9.17, 15) is 0 Å². The van der Waals surface area contributed by atoms with Crippen molar-refractivity contribution in [1.29, 1.82) is 0 Å². The van der Waals surface area contributed by atoms with Gasteiger partial charge in [-0.3, -0.25) is 0 Å². The maximum absolute atomic E-state index is 4.19. The van der Waals surface area contributed by atoms with Crippen molar-refractivity contribution in [3.05, 3.63) is 48.3 Å². The summed E-state index contributed by atoms with van der Waals surface area (Å²) in [5.41, 5.74) is 2.20. The van der Waals surface area contributed by atoms with Crippen molar-refractivity contribution < 1.29 is 0 Å². The van der Waals surface area contributed by atoms with E-state index in [1.807, 2.05) is 38.4 Å². The van der Waals surface area contributed by atoms with E-state index in [-0.39, 0.29) is 0 Å². The molecule has 0 fully saturated rings. The molecule has 2 aromatic rings. The topological polar surface area (TPSA) is 41.4 Å². The van der Waals surface area contributed by atoms with Gasteiger partial charge in [-0.05, 0) is 23.8 Å². The third-order valence-electron chi connectivity index (χ3n) is 2.29. The Hall–Kier alpha value is -2.23. The minimum absolute atomic E-state index is 0.476. The van der Waals surface area contributed by atoms with Crippen molar-refractivity contribution in [1.82, 2.24) is 9.97 Å².